The Morgan fingerprint density at radius 3 is 2.76 bits per heavy atom. The zero-order valence-electron chi connectivity index (χ0n) is 17.3. The van der Waals surface area contributed by atoms with Crippen LogP contribution in [-0.2, 0) is 22.5 Å². The summed E-state index contributed by atoms with van der Waals surface area (Å²) >= 11 is 0. The lowest BCUT2D eigenvalue weighted by molar-refractivity contribution is -0.136. The normalized spacial score (nSPS) is 21.6. The van der Waals surface area contributed by atoms with Crippen molar-refractivity contribution in [2.24, 2.45) is 11.8 Å². The number of hydrogen-bond acceptors (Lipinski definition) is 5. The summed E-state index contributed by atoms with van der Waals surface area (Å²) in [5.74, 6) is 2.71. The van der Waals surface area contributed by atoms with Crippen LogP contribution in [-0.4, -0.2) is 56.5 Å². The summed E-state index contributed by atoms with van der Waals surface area (Å²) in [7, 11) is 0. The number of benzene rings is 1. The van der Waals surface area contributed by atoms with E-state index in [9.17, 15) is 9.90 Å². The third kappa shape index (κ3) is 4.45. The van der Waals surface area contributed by atoms with E-state index in [1.54, 1.807) is 12.1 Å². The molecule has 2 atom stereocenters. The summed E-state index contributed by atoms with van der Waals surface area (Å²) in [5.41, 5.74) is 0.898. The predicted molar refractivity (Wildman–Crippen MR) is 109 cm³/mol. The molecular formula is C22H30N4O3. The van der Waals surface area contributed by atoms with E-state index in [0.717, 1.165) is 56.0 Å². The van der Waals surface area contributed by atoms with Gasteiger partial charge < -0.3 is 19.3 Å². The largest absolute Gasteiger partial charge is 0.508 e. The number of likely N-dealkylation sites (tertiary alicyclic amines) is 1. The van der Waals surface area contributed by atoms with E-state index in [1.165, 1.54) is 0 Å². The molecule has 3 heterocycles. The van der Waals surface area contributed by atoms with E-state index in [4.69, 9.17) is 4.74 Å². The van der Waals surface area contributed by atoms with E-state index in [2.05, 4.69) is 28.6 Å². The number of phenols is 1. The van der Waals surface area contributed by atoms with Gasteiger partial charge in [0.05, 0.1) is 12.0 Å². The molecule has 2 aliphatic rings. The van der Waals surface area contributed by atoms with Crippen molar-refractivity contribution >= 4 is 5.91 Å². The molecule has 1 amide bonds. The summed E-state index contributed by atoms with van der Waals surface area (Å²) in [6, 6.07) is 6.95. The van der Waals surface area contributed by atoms with Gasteiger partial charge in [-0.05, 0) is 49.4 Å². The van der Waals surface area contributed by atoms with Crippen LogP contribution in [0.2, 0.25) is 0 Å². The van der Waals surface area contributed by atoms with Crippen LogP contribution in [0.25, 0.3) is 11.4 Å². The number of aromatic nitrogens is 3. The number of amides is 1. The van der Waals surface area contributed by atoms with Gasteiger partial charge in [0, 0.05) is 38.2 Å². The molecule has 7 nitrogen and oxygen atoms in total. The number of fused-ring (bicyclic) bond motifs is 1. The minimum absolute atomic E-state index is 0.0521. The number of aromatic hydroxyl groups is 1. The van der Waals surface area contributed by atoms with Gasteiger partial charge in [0.1, 0.15) is 11.6 Å². The number of carbonyl (C=O) groups is 1. The van der Waals surface area contributed by atoms with Crippen molar-refractivity contribution in [2.45, 2.75) is 52.2 Å². The van der Waals surface area contributed by atoms with E-state index in [1.807, 2.05) is 17.0 Å². The lowest BCUT2D eigenvalue weighted by Crippen LogP contribution is -2.39. The second-order valence-corrected chi connectivity index (χ2v) is 8.58. The Labute approximate surface area is 171 Å². The number of hydrogen-bond donors (Lipinski definition) is 1. The molecule has 4 rings (SSSR count). The highest BCUT2D eigenvalue weighted by molar-refractivity contribution is 5.79. The molecule has 0 bridgehead atoms. The average molecular weight is 399 g/mol. The molecular weight excluding hydrogens is 368 g/mol. The van der Waals surface area contributed by atoms with Crippen molar-refractivity contribution in [3.8, 4) is 17.1 Å². The summed E-state index contributed by atoms with van der Waals surface area (Å²) < 4.78 is 8.03. The van der Waals surface area contributed by atoms with Crippen LogP contribution in [0.15, 0.2) is 24.3 Å². The number of ether oxygens (including phenoxy) is 1. The number of phenolic OH excluding ortho intramolecular Hbond substituents is 1. The molecule has 1 saturated heterocycles. The smallest absolute Gasteiger partial charge is 0.227 e. The Bertz CT molecular complexity index is 846. The Kier molecular flexibility index (Phi) is 5.85. The highest BCUT2D eigenvalue weighted by Gasteiger charge is 2.34. The summed E-state index contributed by atoms with van der Waals surface area (Å²) in [6.45, 7) is 7.25. The Balaban J connectivity index is 1.39. The second-order valence-electron chi connectivity index (χ2n) is 8.58. The SMILES string of the molecule is CC(C)CCO[C@@H]1CCN(C(=O)[C@@H]2CCc3nnc(-c4ccc(O)cc4)n3C2)C1. The van der Waals surface area contributed by atoms with Crippen LogP contribution in [0.3, 0.4) is 0 Å². The summed E-state index contributed by atoms with van der Waals surface area (Å²) in [5, 5.41) is 18.2. The Morgan fingerprint density at radius 2 is 2.00 bits per heavy atom. The molecule has 1 aromatic carbocycles. The van der Waals surface area contributed by atoms with Crippen molar-refractivity contribution in [2.75, 3.05) is 19.7 Å². The first-order valence-electron chi connectivity index (χ1n) is 10.6. The highest BCUT2D eigenvalue weighted by Crippen LogP contribution is 2.28. The quantitative estimate of drug-likeness (QED) is 0.809. The number of nitrogens with zero attached hydrogens (tertiary/aromatic N) is 4. The Hall–Kier alpha value is -2.41. The average Bonchev–Trinajstić information content (AvgIpc) is 3.34. The van der Waals surface area contributed by atoms with Gasteiger partial charge in [-0.25, -0.2) is 0 Å². The fraction of sp³-hybridized carbons (Fsp3) is 0.591. The minimum atomic E-state index is -0.0521. The molecule has 0 radical (unpaired) electrons. The van der Waals surface area contributed by atoms with Gasteiger partial charge in [0.25, 0.3) is 0 Å². The van der Waals surface area contributed by atoms with Crippen LogP contribution < -0.4 is 0 Å². The van der Waals surface area contributed by atoms with Crippen LogP contribution in [0.5, 0.6) is 5.75 Å². The van der Waals surface area contributed by atoms with E-state index < -0.39 is 0 Å². The lowest BCUT2D eigenvalue weighted by atomic mass is 9.97. The van der Waals surface area contributed by atoms with Crippen molar-refractivity contribution < 1.29 is 14.6 Å². The van der Waals surface area contributed by atoms with Crippen LogP contribution in [0.4, 0.5) is 0 Å². The second kappa shape index (κ2) is 8.53. The van der Waals surface area contributed by atoms with Gasteiger partial charge >= 0.3 is 0 Å². The predicted octanol–water partition coefficient (Wildman–Crippen LogP) is 2.88. The highest BCUT2D eigenvalue weighted by atomic mass is 16.5. The van der Waals surface area contributed by atoms with Crippen LogP contribution in [0, 0.1) is 11.8 Å². The maximum absolute atomic E-state index is 13.1. The summed E-state index contributed by atoms with van der Waals surface area (Å²) in [6.07, 6.45) is 3.71. The first kappa shape index (κ1) is 19.9. The monoisotopic (exact) mass is 398 g/mol. The number of carbonyl (C=O) groups excluding carboxylic acids is 1. The third-order valence-electron chi connectivity index (χ3n) is 5.93. The molecule has 1 aromatic heterocycles. The zero-order chi connectivity index (χ0) is 20.4. The third-order valence-corrected chi connectivity index (χ3v) is 5.93. The molecule has 29 heavy (non-hydrogen) atoms. The van der Waals surface area contributed by atoms with Crippen molar-refractivity contribution in [1.29, 1.82) is 0 Å². The number of rotatable bonds is 6. The topological polar surface area (TPSA) is 80.5 Å². The molecule has 1 fully saturated rings. The minimum Gasteiger partial charge on any atom is -0.508 e. The van der Waals surface area contributed by atoms with Gasteiger partial charge in [0.2, 0.25) is 5.91 Å². The van der Waals surface area contributed by atoms with E-state index in [-0.39, 0.29) is 23.7 Å². The molecule has 156 valence electrons. The van der Waals surface area contributed by atoms with E-state index in [0.29, 0.717) is 19.0 Å². The zero-order valence-corrected chi connectivity index (χ0v) is 17.3. The molecule has 2 aliphatic heterocycles. The lowest BCUT2D eigenvalue weighted by Gasteiger charge is -2.27. The first-order valence-corrected chi connectivity index (χ1v) is 10.6. The van der Waals surface area contributed by atoms with Gasteiger partial charge in [-0.1, -0.05) is 13.8 Å². The standard InChI is InChI=1S/C22H30N4O3/c1-15(2)10-12-29-19-9-11-25(14-19)22(28)17-5-8-20-23-24-21(26(20)13-17)16-3-6-18(27)7-4-16/h3-4,6-7,15,17,19,27H,5,8-14H2,1-2H3/t17-,19-/m1/s1. The number of aryl methyl sites for hydroxylation is 1. The fourth-order valence-electron chi connectivity index (χ4n) is 4.15. The molecule has 1 N–H and O–H groups in total. The fourth-order valence-corrected chi connectivity index (χ4v) is 4.15. The maximum atomic E-state index is 13.1. The molecule has 0 unspecified atom stereocenters. The van der Waals surface area contributed by atoms with Gasteiger partial charge in [-0.3, -0.25) is 4.79 Å². The first-order chi connectivity index (χ1) is 14.0. The maximum Gasteiger partial charge on any atom is 0.227 e. The van der Waals surface area contributed by atoms with Crippen molar-refractivity contribution in [3.63, 3.8) is 0 Å². The molecule has 0 aliphatic carbocycles. The molecule has 0 spiro atoms. The molecule has 7 heteroatoms. The van der Waals surface area contributed by atoms with Gasteiger partial charge in [-0.2, -0.15) is 0 Å². The van der Waals surface area contributed by atoms with Crippen LogP contribution in [0.1, 0.15) is 38.9 Å². The van der Waals surface area contributed by atoms with E-state index >= 15 is 0 Å². The Morgan fingerprint density at radius 1 is 1.21 bits per heavy atom. The van der Waals surface area contributed by atoms with Gasteiger partial charge in [-0.15, -0.1) is 10.2 Å². The van der Waals surface area contributed by atoms with Gasteiger partial charge in [0.15, 0.2) is 5.82 Å². The van der Waals surface area contributed by atoms with Crippen LogP contribution >= 0.6 is 0 Å². The van der Waals surface area contributed by atoms with Crippen molar-refractivity contribution in [3.05, 3.63) is 30.1 Å². The van der Waals surface area contributed by atoms with Crippen molar-refractivity contribution in [1.82, 2.24) is 19.7 Å². The summed E-state index contributed by atoms with van der Waals surface area (Å²) in [4.78, 5) is 15.1. The molecule has 2 aromatic rings. The molecule has 0 saturated carbocycles.